The number of primary amides is 1. The van der Waals surface area contributed by atoms with Crippen molar-refractivity contribution in [2.45, 2.75) is 44.7 Å². The summed E-state index contributed by atoms with van der Waals surface area (Å²) in [5.41, 5.74) is 10.8. The fraction of sp³-hybridized carbons (Fsp3) is 0.818. The molecule has 18 heavy (non-hydrogen) atoms. The zero-order valence-corrected chi connectivity index (χ0v) is 11.5. The second-order valence-electron chi connectivity index (χ2n) is 4.44. The Hall–Kier alpha value is -1.01. The van der Waals surface area contributed by atoms with E-state index in [1.165, 1.54) is 0 Å². The minimum atomic E-state index is -0.553. The number of halogens is 1. The first-order valence-electron chi connectivity index (χ1n) is 6.15. The maximum absolute atomic E-state index is 12.0. The van der Waals surface area contributed by atoms with Crippen LogP contribution in [0.4, 0.5) is 4.79 Å². The highest BCUT2D eigenvalue weighted by Gasteiger charge is 2.29. The molecule has 0 radical (unpaired) electrons. The summed E-state index contributed by atoms with van der Waals surface area (Å²) in [6.45, 7) is 3.03. The molecule has 0 bridgehead atoms. The number of hydrogen-bond acceptors (Lipinski definition) is 3. The number of nitrogens with zero attached hydrogens (tertiary/aromatic N) is 1. The number of hydrogen-bond donors (Lipinski definition) is 3. The van der Waals surface area contributed by atoms with Crippen LogP contribution in [-0.2, 0) is 4.79 Å². The van der Waals surface area contributed by atoms with Crippen molar-refractivity contribution in [2.24, 2.45) is 11.5 Å². The van der Waals surface area contributed by atoms with Crippen LogP contribution in [0.15, 0.2) is 0 Å². The number of piperidine rings is 1. The van der Waals surface area contributed by atoms with Gasteiger partial charge in [-0.3, -0.25) is 4.79 Å². The number of carbonyl (C=O) groups is 2. The molecule has 2 atom stereocenters. The van der Waals surface area contributed by atoms with Crippen molar-refractivity contribution in [2.75, 3.05) is 13.1 Å². The number of urea groups is 1. The van der Waals surface area contributed by atoms with Crippen LogP contribution in [0.1, 0.15) is 32.6 Å². The molecule has 6 nitrogen and oxygen atoms in total. The fourth-order valence-corrected chi connectivity index (χ4v) is 2.11. The minimum absolute atomic E-state index is 0. The van der Waals surface area contributed by atoms with Gasteiger partial charge in [0.15, 0.2) is 0 Å². The molecule has 3 amide bonds. The van der Waals surface area contributed by atoms with E-state index in [-0.39, 0.29) is 24.4 Å². The van der Waals surface area contributed by atoms with Gasteiger partial charge in [-0.2, -0.15) is 0 Å². The number of amides is 3. The average molecular weight is 279 g/mol. The van der Waals surface area contributed by atoms with Gasteiger partial charge in [-0.05, 0) is 25.7 Å². The van der Waals surface area contributed by atoms with Crippen LogP contribution in [0, 0.1) is 0 Å². The van der Waals surface area contributed by atoms with Crippen molar-refractivity contribution in [3.05, 3.63) is 0 Å². The van der Waals surface area contributed by atoms with Crippen LogP contribution in [0.5, 0.6) is 0 Å². The quantitative estimate of drug-likeness (QED) is 0.684. The van der Waals surface area contributed by atoms with Crippen LogP contribution in [0.3, 0.4) is 0 Å². The van der Waals surface area contributed by atoms with Crippen LogP contribution in [0.2, 0.25) is 0 Å². The molecule has 1 saturated heterocycles. The summed E-state index contributed by atoms with van der Waals surface area (Å²) >= 11 is 0. The Balaban J connectivity index is 0.00000289. The molecule has 1 aliphatic rings. The molecule has 1 aliphatic heterocycles. The van der Waals surface area contributed by atoms with Gasteiger partial charge in [0.2, 0.25) is 5.91 Å². The lowest BCUT2D eigenvalue weighted by Crippen LogP contribution is -2.54. The van der Waals surface area contributed by atoms with E-state index in [4.69, 9.17) is 11.5 Å². The highest BCUT2D eigenvalue weighted by Crippen LogP contribution is 2.17. The zero-order valence-electron chi connectivity index (χ0n) is 10.7. The first-order chi connectivity index (χ1) is 8.06. The van der Waals surface area contributed by atoms with E-state index >= 15 is 0 Å². The van der Waals surface area contributed by atoms with Crippen LogP contribution in [-0.4, -0.2) is 42.0 Å². The van der Waals surface area contributed by atoms with Gasteiger partial charge in [-0.15, -0.1) is 12.4 Å². The Labute approximate surface area is 114 Å². The Morgan fingerprint density at radius 3 is 2.67 bits per heavy atom. The Morgan fingerprint density at radius 2 is 2.11 bits per heavy atom. The summed E-state index contributed by atoms with van der Waals surface area (Å²) in [6.07, 6.45) is 3.58. The molecule has 0 aromatic carbocycles. The summed E-state index contributed by atoms with van der Waals surface area (Å²) in [4.78, 5) is 24.5. The molecule has 7 heteroatoms. The smallest absolute Gasteiger partial charge is 0.312 e. The summed E-state index contributed by atoms with van der Waals surface area (Å²) in [5, 5.41) is 2.56. The third-order valence-corrected chi connectivity index (χ3v) is 3.18. The zero-order chi connectivity index (χ0) is 12.8. The van der Waals surface area contributed by atoms with E-state index in [1.807, 2.05) is 6.92 Å². The summed E-state index contributed by atoms with van der Waals surface area (Å²) in [7, 11) is 0. The lowest BCUT2D eigenvalue weighted by Gasteiger charge is -2.37. The summed E-state index contributed by atoms with van der Waals surface area (Å²) < 4.78 is 0. The maximum atomic E-state index is 12.0. The molecule has 1 rings (SSSR count). The van der Waals surface area contributed by atoms with E-state index in [1.54, 1.807) is 4.90 Å². The molecule has 0 aromatic heterocycles. The van der Waals surface area contributed by atoms with Gasteiger partial charge in [-0.25, -0.2) is 4.79 Å². The number of rotatable bonds is 4. The standard InChI is InChI=1S/C11H22N4O2.ClH/c1-2-9(12)10(16)15-6-4-3-5-8(15)7-14-11(13)17;/h8-9H,2-7,12H2,1H3,(H3,13,14,17);1H/t8?,9-;/m0./s1. The molecule has 1 fully saturated rings. The van der Waals surface area contributed by atoms with Crippen LogP contribution in [0.25, 0.3) is 0 Å². The van der Waals surface area contributed by atoms with Crippen molar-refractivity contribution in [1.82, 2.24) is 10.2 Å². The van der Waals surface area contributed by atoms with E-state index in [0.29, 0.717) is 13.0 Å². The summed E-state index contributed by atoms with van der Waals surface area (Å²) in [5.74, 6) is -0.0246. The third-order valence-electron chi connectivity index (χ3n) is 3.18. The fourth-order valence-electron chi connectivity index (χ4n) is 2.11. The van der Waals surface area contributed by atoms with E-state index in [2.05, 4.69) is 5.32 Å². The number of nitrogens with one attached hydrogen (secondary N) is 1. The highest BCUT2D eigenvalue weighted by atomic mass is 35.5. The molecule has 0 aromatic rings. The van der Waals surface area contributed by atoms with Crippen molar-refractivity contribution in [3.8, 4) is 0 Å². The molecule has 0 aliphatic carbocycles. The lowest BCUT2D eigenvalue weighted by atomic mass is 10.0. The summed E-state index contributed by atoms with van der Waals surface area (Å²) in [6, 6.07) is -0.965. The Bertz CT molecular complexity index is 288. The van der Waals surface area contributed by atoms with E-state index in [0.717, 1.165) is 25.8 Å². The minimum Gasteiger partial charge on any atom is -0.352 e. The van der Waals surface area contributed by atoms with Gasteiger partial charge in [0, 0.05) is 19.1 Å². The van der Waals surface area contributed by atoms with Crippen LogP contribution >= 0.6 is 12.4 Å². The molecule has 106 valence electrons. The van der Waals surface area contributed by atoms with Gasteiger partial charge in [0.05, 0.1) is 6.04 Å². The number of likely N-dealkylation sites (tertiary alicyclic amines) is 1. The van der Waals surface area contributed by atoms with Crippen molar-refractivity contribution < 1.29 is 9.59 Å². The second-order valence-corrected chi connectivity index (χ2v) is 4.44. The number of carbonyl (C=O) groups excluding carboxylic acids is 2. The predicted octanol–water partition coefficient (Wildman–Crippen LogP) is 0.195. The molecular weight excluding hydrogens is 256 g/mol. The van der Waals surface area contributed by atoms with E-state index < -0.39 is 12.1 Å². The average Bonchev–Trinajstić information content (AvgIpc) is 2.34. The van der Waals surface area contributed by atoms with Gasteiger partial charge < -0.3 is 21.7 Å². The predicted molar refractivity (Wildman–Crippen MR) is 72.5 cm³/mol. The normalized spacial score (nSPS) is 20.8. The molecule has 0 saturated carbocycles. The SMILES string of the molecule is CC[C@H](N)C(=O)N1CCCCC1CNC(N)=O.Cl. The Morgan fingerprint density at radius 1 is 1.44 bits per heavy atom. The van der Waals surface area contributed by atoms with Gasteiger partial charge in [-0.1, -0.05) is 6.92 Å². The molecule has 1 heterocycles. The van der Waals surface area contributed by atoms with E-state index in [9.17, 15) is 9.59 Å². The largest absolute Gasteiger partial charge is 0.352 e. The third kappa shape index (κ3) is 4.70. The van der Waals surface area contributed by atoms with Gasteiger partial charge >= 0.3 is 6.03 Å². The van der Waals surface area contributed by atoms with Crippen molar-refractivity contribution in [3.63, 3.8) is 0 Å². The van der Waals surface area contributed by atoms with Crippen molar-refractivity contribution >= 4 is 24.3 Å². The monoisotopic (exact) mass is 278 g/mol. The maximum Gasteiger partial charge on any atom is 0.312 e. The first kappa shape index (κ1) is 17.0. The van der Waals surface area contributed by atoms with Gasteiger partial charge in [0.25, 0.3) is 0 Å². The number of nitrogens with two attached hydrogens (primary N) is 2. The topological polar surface area (TPSA) is 101 Å². The second kappa shape index (κ2) is 8.16. The lowest BCUT2D eigenvalue weighted by molar-refractivity contribution is -0.136. The molecule has 0 spiro atoms. The molecule has 5 N–H and O–H groups in total. The van der Waals surface area contributed by atoms with Crippen molar-refractivity contribution in [1.29, 1.82) is 0 Å². The van der Waals surface area contributed by atoms with Crippen LogP contribution < -0.4 is 16.8 Å². The Kier molecular flexibility index (Phi) is 7.70. The molecule has 1 unspecified atom stereocenters. The highest BCUT2D eigenvalue weighted by molar-refractivity contribution is 5.85. The first-order valence-corrected chi connectivity index (χ1v) is 6.15. The molecular formula is C11H23ClN4O2. The van der Waals surface area contributed by atoms with Gasteiger partial charge in [0.1, 0.15) is 0 Å².